The van der Waals surface area contributed by atoms with Crippen LogP contribution in [0.3, 0.4) is 0 Å². The molecule has 2 aromatic carbocycles. The third-order valence-corrected chi connectivity index (χ3v) is 6.80. The Labute approximate surface area is 180 Å². The minimum atomic E-state index is -4.13. The fourth-order valence-corrected chi connectivity index (χ4v) is 4.91. The highest BCUT2D eigenvalue weighted by atomic mass is 32.2. The van der Waals surface area contributed by atoms with E-state index in [2.05, 4.69) is 9.71 Å². The first-order valence-electron chi connectivity index (χ1n) is 9.00. The largest absolute Gasteiger partial charge is 0.278 e. The molecule has 0 spiro atoms. The minimum absolute atomic E-state index is 0.214. The normalized spacial score (nSPS) is 11.5. The van der Waals surface area contributed by atoms with Crippen molar-refractivity contribution in [3.63, 3.8) is 0 Å². The Bertz CT molecular complexity index is 1440. The summed E-state index contributed by atoms with van der Waals surface area (Å²) < 4.78 is 55.7. The van der Waals surface area contributed by atoms with Crippen molar-refractivity contribution in [2.24, 2.45) is 0 Å². The van der Waals surface area contributed by atoms with Gasteiger partial charge in [0.25, 0.3) is 15.6 Å². The summed E-state index contributed by atoms with van der Waals surface area (Å²) in [6, 6.07) is 15.7. The highest BCUT2D eigenvalue weighted by molar-refractivity contribution is 7.98. The van der Waals surface area contributed by atoms with Crippen molar-refractivity contribution >= 4 is 33.1 Å². The molecule has 0 aliphatic carbocycles. The van der Waals surface area contributed by atoms with E-state index in [1.807, 2.05) is 0 Å². The van der Waals surface area contributed by atoms with E-state index < -0.39 is 26.6 Å². The van der Waals surface area contributed by atoms with Gasteiger partial charge in [-0.05, 0) is 42.5 Å². The van der Waals surface area contributed by atoms with E-state index in [-0.39, 0.29) is 11.2 Å². The van der Waals surface area contributed by atoms with Gasteiger partial charge in [0.1, 0.15) is 5.65 Å². The van der Waals surface area contributed by atoms with E-state index in [0.717, 1.165) is 12.1 Å². The molecule has 31 heavy (non-hydrogen) atoms. The second-order valence-electron chi connectivity index (χ2n) is 6.48. The summed E-state index contributed by atoms with van der Waals surface area (Å²) in [6.45, 7) is 0. The first-order valence-corrected chi connectivity index (χ1v) is 11.5. The van der Waals surface area contributed by atoms with E-state index in [1.165, 1.54) is 22.2 Å². The Hall–Kier alpha value is -3.24. The van der Waals surface area contributed by atoms with Crippen molar-refractivity contribution in [2.45, 2.75) is 15.5 Å². The van der Waals surface area contributed by atoms with Gasteiger partial charge in [-0.1, -0.05) is 18.2 Å². The molecule has 0 radical (unpaired) electrons. The smallest absolute Gasteiger partial charge is 0.262 e. The average molecular weight is 459 g/mol. The Morgan fingerprint density at radius 1 is 0.968 bits per heavy atom. The number of halogens is 2. The molecule has 0 aliphatic heterocycles. The van der Waals surface area contributed by atoms with Crippen molar-refractivity contribution in [1.82, 2.24) is 9.38 Å². The number of sulfonamides is 1. The Balaban J connectivity index is 1.58. The van der Waals surface area contributed by atoms with Gasteiger partial charge >= 0.3 is 0 Å². The number of rotatable bonds is 6. The molecule has 4 rings (SSSR count). The Morgan fingerprint density at radius 2 is 1.74 bits per heavy atom. The van der Waals surface area contributed by atoms with Crippen LogP contribution < -0.4 is 10.3 Å². The van der Waals surface area contributed by atoms with Gasteiger partial charge in [-0.25, -0.2) is 22.2 Å². The Kier molecular flexibility index (Phi) is 5.75. The van der Waals surface area contributed by atoms with Crippen molar-refractivity contribution in [1.29, 1.82) is 0 Å². The number of aromatic nitrogens is 2. The number of anilines is 1. The number of pyridine rings is 1. The van der Waals surface area contributed by atoms with Gasteiger partial charge in [-0.15, -0.1) is 11.8 Å². The first kappa shape index (κ1) is 21.0. The maximum Gasteiger partial charge on any atom is 0.262 e. The van der Waals surface area contributed by atoms with E-state index in [1.54, 1.807) is 48.7 Å². The molecule has 2 heterocycles. The molecule has 4 aromatic rings. The molecule has 6 nitrogen and oxygen atoms in total. The number of para-hydroxylation sites is 1. The van der Waals surface area contributed by atoms with Crippen LogP contribution in [0.2, 0.25) is 0 Å². The summed E-state index contributed by atoms with van der Waals surface area (Å²) in [5.41, 5.74) is 1.11. The number of hydrogen-bond donors (Lipinski definition) is 1. The summed E-state index contributed by atoms with van der Waals surface area (Å²) in [5, 5.41) is 0. The topological polar surface area (TPSA) is 80.5 Å². The second-order valence-corrected chi connectivity index (χ2v) is 9.18. The lowest BCUT2D eigenvalue weighted by molar-refractivity contribution is 0.504. The van der Waals surface area contributed by atoms with Crippen LogP contribution in [-0.4, -0.2) is 17.8 Å². The lowest BCUT2D eigenvalue weighted by atomic mass is 10.3. The van der Waals surface area contributed by atoms with Crippen LogP contribution in [0, 0.1) is 11.6 Å². The standard InChI is InChI=1S/C21H15F2N3O3S2/c22-16-9-8-15(12-17(16)23)31(28,29)25-18-5-1-2-6-19(18)30-13-14-11-21(27)26-10-4-3-7-20(26)24-14/h1-12,25H,13H2. The average Bonchev–Trinajstić information content (AvgIpc) is 2.75. The van der Waals surface area contributed by atoms with Crippen molar-refractivity contribution in [2.75, 3.05) is 4.72 Å². The molecule has 0 atom stereocenters. The summed E-state index contributed by atoms with van der Waals surface area (Å²) in [6.07, 6.45) is 1.63. The zero-order valence-electron chi connectivity index (χ0n) is 15.8. The zero-order chi connectivity index (χ0) is 22.0. The molecule has 0 saturated carbocycles. The molecule has 1 N–H and O–H groups in total. The molecule has 0 bridgehead atoms. The molecule has 0 aliphatic rings. The zero-order valence-corrected chi connectivity index (χ0v) is 17.5. The summed E-state index contributed by atoms with van der Waals surface area (Å²) >= 11 is 1.29. The number of nitrogens with one attached hydrogen (secondary N) is 1. The lowest BCUT2D eigenvalue weighted by Crippen LogP contribution is -2.15. The van der Waals surface area contributed by atoms with Gasteiger partial charge in [0.2, 0.25) is 0 Å². The van der Waals surface area contributed by atoms with Crippen LogP contribution in [0.4, 0.5) is 14.5 Å². The van der Waals surface area contributed by atoms with E-state index in [4.69, 9.17) is 0 Å². The number of fused-ring (bicyclic) bond motifs is 1. The summed E-state index contributed by atoms with van der Waals surface area (Å²) in [5.74, 6) is -2.06. The van der Waals surface area contributed by atoms with Crippen LogP contribution in [-0.2, 0) is 15.8 Å². The van der Waals surface area contributed by atoms with Crippen molar-refractivity contribution < 1.29 is 17.2 Å². The molecular formula is C21H15F2N3O3S2. The SMILES string of the molecule is O=c1cc(CSc2ccccc2NS(=O)(=O)c2ccc(F)c(F)c2)nc2ccccn12. The molecule has 0 amide bonds. The quantitative estimate of drug-likeness (QED) is 0.440. The van der Waals surface area contributed by atoms with Crippen LogP contribution in [0.15, 0.2) is 87.5 Å². The maximum absolute atomic E-state index is 13.5. The van der Waals surface area contributed by atoms with Gasteiger partial charge in [0.05, 0.1) is 16.3 Å². The highest BCUT2D eigenvalue weighted by Gasteiger charge is 2.18. The van der Waals surface area contributed by atoms with E-state index in [9.17, 15) is 22.0 Å². The van der Waals surface area contributed by atoms with Crippen molar-refractivity contribution in [3.8, 4) is 0 Å². The summed E-state index contributed by atoms with van der Waals surface area (Å²) in [7, 11) is -4.13. The summed E-state index contributed by atoms with van der Waals surface area (Å²) in [4.78, 5) is 16.9. The Morgan fingerprint density at radius 3 is 2.55 bits per heavy atom. The maximum atomic E-state index is 13.5. The predicted octanol–water partition coefficient (Wildman–Crippen LogP) is 4.07. The molecule has 158 valence electrons. The molecule has 0 saturated heterocycles. The number of thioether (sulfide) groups is 1. The van der Waals surface area contributed by atoms with Crippen LogP contribution in [0.5, 0.6) is 0 Å². The van der Waals surface area contributed by atoms with Gasteiger partial charge in [-0.3, -0.25) is 13.9 Å². The van der Waals surface area contributed by atoms with Gasteiger partial charge < -0.3 is 0 Å². The fourth-order valence-electron chi connectivity index (χ4n) is 2.85. The number of hydrogen-bond acceptors (Lipinski definition) is 5. The monoisotopic (exact) mass is 459 g/mol. The minimum Gasteiger partial charge on any atom is -0.278 e. The lowest BCUT2D eigenvalue weighted by Gasteiger charge is -2.12. The molecular weight excluding hydrogens is 444 g/mol. The van der Waals surface area contributed by atoms with Crippen LogP contribution in [0.25, 0.3) is 5.65 Å². The number of benzene rings is 2. The van der Waals surface area contributed by atoms with E-state index in [0.29, 0.717) is 28.1 Å². The molecule has 2 aromatic heterocycles. The van der Waals surface area contributed by atoms with E-state index >= 15 is 0 Å². The predicted molar refractivity (Wildman–Crippen MR) is 115 cm³/mol. The highest BCUT2D eigenvalue weighted by Crippen LogP contribution is 2.31. The van der Waals surface area contributed by atoms with Crippen LogP contribution >= 0.6 is 11.8 Å². The first-order chi connectivity index (χ1) is 14.8. The third-order valence-electron chi connectivity index (χ3n) is 4.33. The number of nitrogens with zero attached hydrogens (tertiary/aromatic N) is 2. The fraction of sp³-hybridized carbons (Fsp3) is 0.0476. The van der Waals surface area contributed by atoms with Crippen LogP contribution in [0.1, 0.15) is 5.69 Å². The third kappa shape index (κ3) is 4.59. The van der Waals surface area contributed by atoms with Crippen molar-refractivity contribution in [3.05, 3.63) is 101 Å². The second kappa shape index (κ2) is 8.48. The molecule has 10 heteroatoms. The van der Waals surface area contributed by atoms with Gasteiger partial charge in [0, 0.05) is 22.9 Å². The van der Waals surface area contributed by atoms with Gasteiger partial charge in [-0.2, -0.15) is 0 Å². The molecule has 0 fully saturated rings. The molecule has 0 unspecified atom stereocenters. The van der Waals surface area contributed by atoms with Gasteiger partial charge in [0.15, 0.2) is 11.6 Å².